The minimum atomic E-state index is -0.517. The molecule has 1 amide bonds. The number of amides is 1. The number of carbonyl (C=O) groups excluding carboxylic acids is 1. The zero-order valence-electron chi connectivity index (χ0n) is 16.1. The summed E-state index contributed by atoms with van der Waals surface area (Å²) in [6.45, 7) is 3.29. The average Bonchev–Trinajstić information content (AvgIpc) is 2.75. The number of rotatable bonds is 7. The molecule has 1 fully saturated rings. The van der Waals surface area contributed by atoms with E-state index in [1.165, 1.54) is 19.2 Å². The number of halogens is 1. The summed E-state index contributed by atoms with van der Waals surface area (Å²) in [7, 11) is 1.49. The van der Waals surface area contributed by atoms with E-state index in [-0.39, 0.29) is 17.3 Å². The van der Waals surface area contributed by atoms with E-state index in [1.54, 1.807) is 6.07 Å². The molecule has 2 aromatic carbocycles. The van der Waals surface area contributed by atoms with Crippen molar-refractivity contribution in [2.24, 2.45) is 0 Å². The van der Waals surface area contributed by atoms with Crippen LogP contribution in [-0.2, 0) is 4.74 Å². The van der Waals surface area contributed by atoms with Gasteiger partial charge in [-0.2, -0.15) is 0 Å². The largest absolute Gasteiger partial charge is 0.382 e. The van der Waals surface area contributed by atoms with E-state index in [9.17, 15) is 14.9 Å². The Morgan fingerprint density at radius 1 is 1.28 bits per heavy atom. The lowest BCUT2D eigenvalue weighted by atomic mass is 10.0. The summed E-state index contributed by atoms with van der Waals surface area (Å²) in [6.07, 6.45) is 0. The van der Waals surface area contributed by atoms with Gasteiger partial charge in [0.05, 0.1) is 29.7 Å². The summed E-state index contributed by atoms with van der Waals surface area (Å²) in [6, 6.07) is 11.8. The van der Waals surface area contributed by atoms with Gasteiger partial charge in [0.15, 0.2) is 0 Å². The fraction of sp³-hybridized carbons (Fsp3) is 0.350. The van der Waals surface area contributed by atoms with Gasteiger partial charge in [-0.1, -0.05) is 29.8 Å². The number of nitrogens with one attached hydrogen (secondary N) is 2. The Hall–Kier alpha value is -2.68. The first-order valence-corrected chi connectivity index (χ1v) is 9.69. The van der Waals surface area contributed by atoms with Gasteiger partial charge < -0.3 is 15.4 Å². The summed E-state index contributed by atoms with van der Waals surface area (Å²) >= 11 is 6.45. The first-order chi connectivity index (χ1) is 14.0. The molecule has 9 heteroatoms. The number of anilines is 1. The van der Waals surface area contributed by atoms with Crippen LogP contribution in [0.2, 0.25) is 5.02 Å². The summed E-state index contributed by atoms with van der Waals surface area (Å²) in [5.41, 5.74) is 1.60. The van der Waals surface area contributed by atoms with E-state index in [2.05, 4.69) is 15.5 Å². The molecule has 1 unspecified atom stereocenters. The second-order valence-electron chi connectivity index (χ2n) is 6.63. The van der Waals surface area contributed by atoms with Crippen molar-refractivity contribution >= 4 is 28.9 Å². The molecular formula is C20H23ClN4O4. The maximum Gasteiger partial charge on any atom is 0.270 e. The third-order valence-electron chi connectivity index (χ3n) is 4.92. The van der Waals surface area contributed by atoms with Gasteiger partial charge in [-0.05, 0) is 17.7 Å². The Morgan fingerprint density at radius 3 is 2.66 bits per heavy atom. The standard InChI is InChI=1S/C20H23ClN4O4/c1-22-20(26)16-12-14(25(27)28)6-7-18(16)23-13-19(24-8-10-29-11-9-24)15-4-2-3-5-17(15)21/h2-7,12,19,23H,8-11,13H2,1H3,(H,22,26). The highest BCUT2D eigenvalue weighted by molar-refractivity contribution is 6.31. The minimum Gasteiger partial charge on any atom is -0.382 e. The van der Waals surface area contributed by atoms with Gasteiger partial charge in [0.2, 0.25) is 0 Å². The van der Waals surface area contributed by atoms with Gasteiger partial charge in [0.25, 0.3) is 11.6 Å². The second-order valence-corrected chi connectivity index (χ2v) is 7.04. The fourth-order valence-corrected chi connectivity index (χ4v) is 3.66. The minimum absolute atomic E-state index is 0.0414. The monoisotopic (exact) mass is 418 g/mol. The van der Waals surface area contributed by atoms with Crippen LogP contribution < -0.4 is 10.6 Å². The van der Waals surface area contributed by atoms with E-state index < -0.39 is 10.8 Å². The van der Waals surface area contributed by atoms with Gasteiger partial charge >= 0.3 is 0 Å². The molecule has 3 rings (SSSR count). The molecule has 1 heterocycles. The Balaban J connectivity index is 1.88. The zero-order valence-corrected chi connectivity index (χ0v) is 16.8. The van der Waals surface area contributed by atoms with Crippen LogP contribution in [0.3, 0.4) is 0 Å². The number of nitro benzene ring substituents is 1. The fourth-order valence-electron chi connectivity index (χ4n) is 3.40. The van der Waals surface area contributed by atoms with Gasteiger partial charge in [-0.15, -0.1) is 0 Å². The molecule has 2 N–H and O–H groups in total. The molecule has 1 aliphatic rings. The number of ether oxygens (including phenoxy) is 1. The topological polar surface area (TPSA) is 96.7 Å². The SMILES string of the molecule is CNC(=O)c1cc([N+](=O)[O-])ccc1NCC(c1ccccc1Cl)N1CCOCC1. The molecule has 0 saturated carbocycles. The Kier molecular flexibility index (Phi) is 7.03. The van der Waals surface area contributed by atoms with Crippen LogP contribution in [0.25, 0.3) is 0 Å². The second kappa shape index (κ2) is 9.69. The maximum absolute atomic E-state index is 12.3. The van der Waals surface area contributed by atoms with Crippen LogP contribution in [0, 0.1) is 10.1 Å². The van der Waals surface area contributed by atoms with Crippen LogP contribution in [0.4, 0.5) is 11.4 Å². The van der Waals surface area contributed by atoms with Crippen molar-refractivity contribution in [1.82, 2.24) is 10.2 Å². The van der Waals surface area contributed by atoms with Crippen molar-refractivity contribution in [2.45, 2.75) is 6.04 Å². The van der Waals surface area contributed by atoms with Crippen molar-refractivity contribution in [3.05, 3.63) is 68.7 Å². The number of hydrogen-bond donors (Lipinski definition) is 2. The molecular weight excluding hydrogens is 396 g/mol. The lowest BCUT2D eigenvalue weighted by Crippen LogP contribution is -2.41. The first-order valence-electron chi connectivity index (χ1n) is 9.32. The highest BCUT2D eigenvalue weighted by Crippen LogP contribution is 2.30. The van der Waals surface area contributed by atoms with Crippen molar-refractivity contribution in [1.29, 1.82) is 0 Å². The van der Waals surface area contributed by atoms with Crippen LogP contribution in [0.5, 0.6) is 0 Å². The number of nitro groups is 1. The molecule has 2 aromatic rings. The number of hydrogen-bond acceptors (Lipinski definition) is 6. The molecule has 8 nitrogen and oxygen atoms in total. The van der Waals surface area contributed by atoms with E-state index in [0.29, 0.717) is 30.5 Å². The maximum atomic E-state index is 12.3. The van der Waals surface area contributed by atoms with E-state index in [4.69, 9.17) is 16.3 Å². The van der Waals surface area contributed by atoms with Crippen molar-refractivity contribution in [3.63, 3.8) is 0 Å². The third-order valence-corrected chi connectivity index (χ3v) is 5.27. The number of nitrogens with zero attached hydrogens (tertiary/aromatic N) is 2. The van der Waals surface area contributed by atoms with Crippen molar-refractivity contribution < 1.29 is 14.5 Å². The molecule has 0 aliphatic carbocycles. The molecule has 0 spiro atoms. The number of morpholine rings is 1. The van der Waals surface area contributed by atoms with Crippen LogP contribution in [0.15, 0.2) is 42.5 Å². The van der Waals surface area contributed by atoms with E-state index in [1.807, 2.05) is 24.3 Å². The molecule has 0 bridgehead atoms. The highest BCUT2D eigenvalue weighted by Gasteiger charge is 2.25. The molecule has 29 heavy (non-hydrogen) atoms. The first kappa shape index (κ1) is 21.0. The van der Waals surface area contributed by atoms with E-state index in [0.717, 1.165) is 18.7 Å². The van der Waals surface area contributed by atoms with Gasteiger partial charge in [-0.3, -0.25) is 19.8 Å². The molecule has 1 atom stereocenters. The molecule has 0 aromatic heterocycles. The molecule has 1 aliphatic heterocycles. The Morgan fingerprint density at radius 2 is 2.00 bits per heavy atom. The van der Waals surface area contributed by atoms with Crippen LogP contribution in [0.1, 0.15) is 22.0 Å². The average molecular weight is 419 g/mol. The lowest BCUT2D eigenvalue weighted by Gasteiger charge is -2.35. The predicted molar refractivity (Wildman–Crippen MR) is 112 cm³/mol. The Bertz CT molecular complexity index is 887. The molecule has 154 valence electrons. The number of carbonyl (C=O) groups is 1. The van der Waals surface area contributed by atoms with Gasteiger partial charge in [0.1, 0.15) is 0 Å². The number of non-ortho nitro benzene ring substituents is 1. The zero-order chi connectivity index (χ0) is 20.8. The van der Waals surface area contributed by atoms with E-state index >= 15 is 0 Å². The predicted octanol–water partition coefficient (Wildman–Crippen LogP) is 3.09. The van der Waals surface area contributed by atoms with Crippen LogP contribution >= 0.6 is 11.6 Å². The lowest BCUT2D eigenvalue weighted by molar-refractivity contribution is -0.384. The van der Waals surface area contributed by atoms with Gasteiger partial charge in [-0.25, -0.2) is 0 Å². The highest BCUT2D eigenvalue weighted by atomic mass is 35.5. The third kappa shape index (κ3) is 5.03. The van der Waals surface area contributed by atoms with Gasteiger partial charge in [0, 0.05) is 49.5 Å². The number of benzene rings is 2. The summed E-state index contributed by atoms with van der Waals surface area (Å²) < 4.78 is 5.47. The molecule has 1 saturated heterocycles. The smallest absolute Gasteiger partial charge is 0.270 e. The summed E-state index contributed by atoms with van der Waals surface area (Å²) in [5.74, 6) is -0.392. The van der Waals surface area contributed by atoms with Crippen molar-refractivity contribution in [3.8, 4) is 0 Å². The summed E-state index contributed by atoms with van der Waals surface area (Å²) in [4.78, 5) is 25.1. The van der Waals surface area contributed by atoms with Crippen molar-refractivity contribution in [2.75, 3.05) is 45.2 Å². The quantitative estimate of drug-likeness (QED) is 0.529. The Labute approximate surface area is 173 Å². The molecule has 0 radical (unpaired) electrons. The summed E-state index contributed by atoms with van der Waals surface area (Å²) in [5, 5.41) is 17.6. The normalized spacial score (nSPS) is 15.5. The van der Waals surface area contributed by atoms with Crippen LogP contribution in [-0.4, -0.2) is 55.6 Å².